The third-order valence-corrected chi connectivity index (χ3v) is 7.94. The molecule has 0 saturated carbocycles. The third kappa shape index (κ3) is 6.07. The zero-order valence-electron chi connectivity index (χ0n) is 19.8. The van der Waals surface area contributed by atoms with Crippen molar-refractivity contribution in [3.63, 3.8) is 0 Å². The first-order valence-corrected chi connectivity index (χ1v) is 13.1. The normalized spacial score (nSPS) is 16.9. The van der Waals surface area contributed by atoms with Crippen molar-refractivity contribution in [2.45, 2.75) is 68.8 Å². The number of thioether (sulfide) groups is 1. The van der Waals surface area contributed by atoms with Crippen LogP contribution in [-0.4, -0.2) is 47.2 Å². The molecule has 0 bridgehead atoms. The minimum atomic E-state index is -0.316. The van der Waals surface area contributed by atoms with E-state index in [4.69, 9.17) is 0 Å². The van der Waals surface area contributed by atoms with Crippen molar-refractivity contribution in [3.8, 4) is 0 Å². The maximum atomic E-state index is 13.0. The molecular weight excluding hydrogens is 446 g/mol. The van der Waals surface area contributed by atoms with E-state index in [0.717, 1.165) is 28.3 Å². The molecule has 1 unspecified atom stereocenters. The molecule has 1 N–H and O–H groups in total. The molecule has 0 aromatic heterocycles. The van der Waals surface area contributed by atoms with Gasteiger partial charge >= 0.3 is 0 Å². The molecule has 2 aliphatic heterocycles. The van der Waals surface area contributed by atoms with Crippen LogP contribution in [0.2, 0.25) is 0 Å². The van der Waals surface area contributed by atoms with Crippen LogP contribution >= 0.6 is 11.8 Å². The fourth-order valence-corrected chi connectivity index (χ4v) is 5.77. The fraction of sp³-hybridized carbons (Fsp3) is 0.444. The maximum absolute atomic E-state index is 13.0. The lowest BCUT2D eigenvalue weighted by Crippen LogP contribution is -2.34. The summed E-state index contributed by atoms with van der Waals surface area (Å²) < 4.78 is 0. The highest BCUT2D eigenvalue weighted by molar-refractivity contribution is 7.98. The molecule has 6 nitrogen and oxygen atoms in total. The van der Waals surface area contributed by atoms with Crippen LogP contribution in [0.15, 0.2) is 47.4 Å². The fourth-order valence-electron chi connectivity index (χ4n) is 4.73. The van der Waals surface area contributed by atoms with Gasteiger partial charge in [-0.25, -0.2) is 0 Å². The van der Waals surface area contributed by atoms with Crippen molar-refractivity contribution in [3.05, 3.63) is 64.7 Å². The summed E-state index contributed by atoms with van der Waals surface area (Å²) in [6, 6.07) is 14.8. The van der Waals surface area contributed by atoms with Crippen LogP contribution in [0.25, 0.3) is 0 Å². The number of imide groups is 1. The summed E-state index contributed by atoms with van der Waals surface area (Å²) in [5.41, 5.74) is 4.48. The first-order chi connectivity index (χ1) is 16.5. The van der Waals surface area contributed by atoms with Crippen LogP contribution < -0.4 is 5.32 Å². The van der Waals surface area contributed by atoms with E-state index in [1.165, 1.54) is 43.5 Å². The van der Waals surface area contributed by atoms with Gasteiger partial charge in [0.1, 0.15) is 0 Å². The van der Waals surface area contributed by atoms with Gasteiger partial charge in [-0.2, -0.15) is 0 Å². The lowest BCUT2D eigenvalue weighted by Gasteiger charge is -2.26. The number of likely N-dealkylation sites (tertiary alicyclic amines) is 1. The first-order valence-electron chi connectivity index (χ1n) is 12.1. The van der Waals surface area contributed by atoms with Gasteiger partial charge in [-0.05, 0) is 68.1 Å². The third-order valence-electron chi connectivity index (χ3n) is 6.77. The zero-order chi connectivity index (χ0) is 23.9. The summed E-state index contributed by atoms with van der Waals surface area (Å²) >= 11 is 1.77. The molecule has 180 valence electrons. The predicted octanol–water partition coefficient (Wildman–Crippen LogP) is 4.36. The standard InChI is InChI=1S/C27H33N3O3S/c1-20(8-13-26(32)28-19-31)30-17-24-23(27(30)33)6-5-7-25(24)34-18-22-11-9-21(10-12-22)16-29-14-3-2-4-15-29/h5-7,9-12,19-20H,2-4,8,13-18H2,1H3,(H,28,31,32). The molecule has 0 spiro atoms. The summed E-state index contributed by atoms with van der Waals surface area (Å²) in [4.78, 5) is 40.5. The molecule has 2 aromatic carbocycles. The van der Waals surface area contributed by atoms with E-state index >= 15 is 0 Å². The lowest BCUT2D eigenvalue weighted by atomic mass is 10.1. The molecule has 2 aliphatic rings. The molecule has 0 radical (unpaired) electrons. The lowest BCUT2D eigenvalue weighted by molar-refractivity contribution is -0.125. The highest BCUT2D eigenvalue weighted by atomic mass is 32.2. The van der Waals surface area contributed by atoms with E-state index in [1.807, 2.05) is 24.0 Å². The SMILES string of the molecule is CC(CCC(=O)NC=O)N1Cc2c(SCc3ccc(CN4CCCCC4)cc3)cccc2C1=O. The Kier molecular flexibility index (Phi) is 8.40. The molecule has 34 heavy (non-hydrogen) atoms. The van der Waals surface area contributed by atoms with Crippen molar-refractivity contribution in [1.29, 1.82) is 0 Å². The number of nitrogens with zero attached hydrogens (tertiary/aromatic N) is 2. The van der Waals surface area contributed by atoms with Gasteiger partial charge in [0.2, 0.25) is 12.3 Å². The van der Waals surface area contributed by atoms with Crippen LogP contribution in [0, 0.1) is 0 Å². The Hall–Kier alpha value is -2.64. The molecule has 1 atom stereocenters. The van der Waals surface area contributed by atoms with E-state index in [9.17, 15) is 14.4 Å². The van der Waals surface area contributed by atoms with Crippen molar-refractivity contribution in [1.82, 2.24) is 15.1 Å². The van der Waals surface area contributed by atoms with Gasteiger partial charge in [-0.3, -0.25) is 24.6 Å². The Labute approximate surface area is 206 Å². The van der Waals surface area contributed by atoms with E-state index < -0.39 is 0 Å². The quantitative estimate of drug-likeness (QED) is 0.405. The molecule has 2 heterocycles. The highest BCUT2D eigenvalue weighted by Crippen LogP contribution is 2.35. The molecule has 3 amide bonds. The Morgan fingerprint density at radius 1 is 1.09 bits per heavy atom. The molecular formula is C27H33N3O3S. The second-order valence-electron chi connectivity index (χ2n) is 9.23. The number of carbonyl (C=O) groups excluding carboxylic acids is 3. The second kappa shape index (κ2) is 11.7. The van der Waals surface area contributed by atoms with Gasteiger partial charge in [0.25, 0.3) is 5.91 Å². The summed E-state index contributed by atoms with van der Waals surface area (Å²) in [7, 11) is 0. The number of nitrogens with one attached hydrogen (secondary N) is 1. The maximum Gasteiger partial charge on any atom is 0.254 e. The summed E-state index contributed by atoms with van der Waals surface area (Å²) in [5, 5.41) is 2.16. The number of piperidine rings is 1. The molecule has 0 aliphatic carbocycles. The zero-order valence-corrected chi connectivity index (χ0v) is 20.6. The number of amides is 3. The van der Waals surface area contributed by atoms with Gasteiger partial charge in [0, 0.05) is 41.8 Å². The number of hydrogen-bond donors (Lipinski definition) is 1. The molecule has 4 rings (SSSR count). The monoisotopic (exact) mass is 479 g/mol. The molecule has 2 aromatic rings. The second-order valence-corrected chi connectivity index (χ2v) is 10.2. The van der Waals surface area contributed by atoms with Gasteiger partial charge in [0.15, 0.2) is 0 Å². The van der Waals surface area contributed by atoms with E-state index in [2.05, 4.69) is 40.5 Å². The van der Waals surface area contributed by atoms with Crippen LogP contribution in [0.5, 0.6) is 0 Å². The highest BCUT2D eigenvalue weighted by Gasteiger charge is 2.32. The average Bonchev–Trinajstić information content (AvgIpc) is 3.20. The number of carbonyl (C=O) groups is 3. The predicted molar refractivity (Wildman–Crippen MR) is 134 cm³/mol. The van der Waals surface area contributed by atoms with Crippen LogP contribution in [-0.2, 0) is 28.4 Å². The average molecular weight is 480 g/mol. The number of benzene rings is 2. The molecule has 1 saturated heterocycles. The van der Waals surface area contributed by atoms with Gasteiger partial charge in [-0.1, -0.05) is 36.8 Å². The minimum absolute atomic E-state index is 0.0165. The molecule has 1 fully saturated rings. The topological polar surface area (TPSA) is 69.7 Å². The largest absolute Gasteiger partial charge is 0.332 e. The van der Waals surface area contributed by atoms with E-state index in [-0.39, 0.29) is 24.3 Å². The van der Waals surface area contributed by atoms with Crippen LogP contribution in [0.1, 0.15) is 66.1 Å². The van der Waals surface area contributed by atoms with Crippen molar-refractivity contribution >= 4 is 30.0 Å². The Morgan fingerprint density at radius 3 is 2.56 bits per heavy atom. The minimum Gasteiger partial charge on any atom is -0.332 e. The Balaban J connectivity index is 1.34. The number of rotatable bonds is 10. The first kappa shape index (κ1) is 24.5. The van der Waals surface area contributed by atoms with Crippen molar-refractivity contribution in [2.24, 2.45) is 0 Å². The van der Waals surface area contributed by atoms with Gasteiger partial charge < -0.3 is 4.90 Å². The van der Waals surface area contributed by atoms with E-state index in [1.54, 1.807) is 11.8 Å². The number of hydrogen-bond acceptors (Lipinski definition) is 5. The summed E-state index contributed by atoms with van der Waals surface area (Å²) in [6.45, 7) is 5.96. The summed E-state index contributed by atoms with van der Waals surface area (Å²) in [6.07, 6.45) is 5.11. The number of fused-ring (bicyclic) bond motifs is 1. The molecule has 7 heteroatoms. The smallest absolute Gasteiger partial charge is 0.254 e. The van der Waals surface area contributed by atoms with Crippen molar-refractivity contribution in [2.75, 3.05) is 13.1 Å². The van der Waals surface area contributed by atoms with Crippen LogP contribution in [0.4, 0.5) is 0 Å². The Morgan fingerprint density at radius 2 is 1.82 bits per heavy atom. The van der Waals surface area contributed by atoms with Crippen molar-refractivity contribution < 1.29 is 14.4 Å². The van der Waals surface area contributed by atoms with Crippen LogP contribution in [0.3, 0.4) is 0 Å². The van der Waals surface area contributed by atoms with Gasteiger partial charge in [0.05, 0.1) is 0 Å². The van der Waals surface area contributed by atoms with E-state index in [0.29, 0.717) is 19.4 Å². The Bertz CT molecular complexity index is 1020. The van der Waals surface area contributed by atoms with Gasteiger partial charge in [-0.15, -0.1) is 11.8 Å². The summed E-state index contributed by atoms with van der Waals surface area (Å²) in [5.74, 6) is 0.558.